The fourth-order valence-electron chi connectivity index (χ4n) is 0.435. The molecule has 3 heteroatoms. The van der Waals surface area contributed by atoms with E-state index in [-0.39, 0.29) is 6.10 Å². The van der Waals surface area contributed by atoms with Gasteiger partial charge in [-0.2, -0.15) is 5.26 Å². The summed E-state index contributed by atoms with van der Waals surface area (Å²) >= 11 is 0. The summed E-state index contributed by atoms with van der Waals surface area (Å²) in [5.74, 6) is 0. The van der Waals surface area contributed by atoms with Crippen LogP contribution in [0, 0.1) is 11.3 Å². The lowest BCUT2D eigenvalue weighted by atomic mass is 10.3. The van der Waals surface area contributed by atoms with Gasteiger partial charge in [-0.15, -0.1) is 0 Å². The van der Waals surface area contributed by atoms with Gasteiger partial charge >= 0.3 is 0 Å². The van der Waals surface area contributed by atoms with Crippen molar-refractivity contribution in [2.75, 3.05) is 13.4 Å². The van der Waals surface area contributed by atoms with Gasteiger partial charge in [0.2, 0.25) is 0 Å². The first-order valence-corrected chi connectivity index (χ1v) is 3.37. The van der Waals surface area contributed by atoms with Crippen molar-refractivity contribution in [1.82, 2.24) is 0 Å². The van der Waals surface area contributed by atoms with Crippen LogP contribution in [0.4, 0.5) is 0 Å². The average Bonchev–Trinajstić information content (AvgIpc) is 1.89. The van der Waals surface area contributed by atoms with Crippen molar-refractivity contribution < 1.29 is 9.47 Å². The van der Waals surface area contributed by atoms with E-state index in [1.165, 1.54) is 0 Å². The highest BCUT2D eigenvalue weighted by Crippen LogP contribution is 1.94. The van der Waals surface area contributed by atoms with Gasteiger partial charge in [0.25, 0.3) is 0 Å². The molecule has 0 saturated carbocycles. The molecule has 0 unspecified atom stereocenters. The minimum atomic E-state index is -0.0171. The standard InChI is InChI=1S/C7H13NO2/c1-3-9-6-10-7(2)4-5-8/h7H,3-4,6H2,1-2H3/t7-/m0/s1. The minimum Gasteiger partial charge on any atom is -0.356 e. The van der Waals surface area contributed by atoms with E-state index in [0.29, 0.717) is 19.8 Å². The summed E-state index contributed by atoms with van der Waals surface area (Å²) in [6.45, 7) is 4.69. The predicted octanol–water partition coefficient (Wildman–Crippen LogP) is 1.30. The smallest absolute Gasteiger partial charge is 0.147 e. The molecule has 0 aliphatic heterocycles. The highest BCUT2D eigenvalue weighted by atomic mass is 16.7. The second kappa shape index (κ2) is 6.53. The monoisotopic (exact) mass is 143 g/mol. The van der Waals surface area contributed by atoms with E-state index in [0.717, 1.165) is 0 Å². The Morgan fingerprint density at radius 2 is 2.30 bits per heavy atom. The molecular formula is C7H13NO2. The first-order chi connectivity index (χ1) is 4.81. The number of rotatable bonds is 5. The summed E-state index contributed by atoms with van der Waals surface area (Å²) in [5.41, 5.74) is 0. The van der Waals surface area contributed by atoms with E-state index in [1.807, 2.05) is 19.9 Å². The lowest BCUT2D eigenvalue weighted by molar-refractivity contribution is -0.0786. The van der Waals surface area contributed by atoms with Gasteiger partial charge in [0.15, 0.2) is 0 Å². The zero-order chi connectivity index (χ0) is 7.82. The molecular weight excluding hydrogens is 130 g/mol. The zero-order valence-electron chi connectivity index (χ0n) is 6.46. The van der Waals surface area contributed by atoms with Crippen molar-refractivity contribution in [1.29, 1.82) is 5.26 Å². The van der Waals surface area contributed by atoms with E-state index in [9.17, 15) is 0 Å². The molecule has 0 spiro atoms. The topological polar surface area (TPSA) is 42.2 Å². The molecule has 0 aliphatic rings. The molecule has 0 bridgehead atoms. The first kappa shape index (κ1) is 9.41. The van der Waals surface area contributed by atoms with Crippen LogP contribution < -0.4 is 0 Å². The van der Waals surface area contributed by atoms with E-state index in [4.69, 9.17) is 14.7 Å². The predicted molar refractivity (Wildman–Crippen MR) is 37.3 cm³/mol. The Labute approximate surface area is 61.5 Å². The second-order valence-electron chi connectivity index (χ2n) is 1.95. The van der Waals surface area contributed by atoms with Crippen LogP contribution in [0.5, 0.6) is 0 Å². The number of nitrogens with zero attached hydrogens (tertiary/aromatic N) is 1. The molecule has 0 heterocycles. The van der Waals surface area contributed by atoms with Gasteiger partial charge in [0.1, 0.15) is 6.79 Å². The van der Waals surface area contributed by atoms with Crippen LogP contribution in [-0.2, 0) is 9.47 Å². The van der Waals surface area contributed by atoms with Crippen molar-refractivity contribution >= 4 is 0 Å². The molecule has 0 radical (unpaired) electrons. The van der Waals surface area contributed by atoms with Crippen molar-refractivity contribution in [3.8, 4) is 6.07 Å². The maximum atomic E-state index is 8.22. The molecule has 0 N–H and O–H groups in total. The third-order valence-corrected chi connectivity index (χ3v) is 1.02. The lowest BCUT2D eigenvalue weighted by Crippen LogP contribution is -2.10. The van der Waals surface area contributed by atoms with E-state index in [1.54, 1.807) is 0 Å². The largest absolute Gasteiger partial charge is 0.356 e. The third-order valence-electron chi connectivity index (χ3n) is 1.02. The van der Waals surface area contributed by atoms with E-state index < -0.39 is 0 Å². The summed E-state index contributed by atoms with van der Waals surface area (Å²) in [4.78, 5) is 0. The summed E-state index contributed by atoms with van der Waals surface area (Å²) < 4.78 is 10.00. The molecule has 0 fully saturated rings. The Morgan fingerprint density at radius 1 is 1.60 bits per heavy atom. The maximum Gasteiger partial charge on any atom is 0.147 e. The summed E-state index contributed by atoms with van der Waals surface area (Å²) in [5, 5.41) is 8.22. The molecule has 0 rings (SSSR count). The Kier molecular flexibility index (Phi) is 6.14. The van der Waals surface area contributed by atoms with Gasteiger partial charge in [0.05, 0.1) is 18.6 Å². The van der Waals surface area contributed by atoms with Crippen LogP contribution in [0.1, 0.15) is 20.3 Å². The van der Waals surface area contributed by atoms with Crippen molar-refractivity contribution in [2.45, 2.75) is 26.4 Å². The Hall–Kier alpha value is -0.590. The summed E-state index contributed by atoms with van der Waals surface area (Å²) in [6, 6.07) is 2.01. The van der Waals surface area contributed by atoms with Crippen molar-refractivity contribution in [2.24, 2.45) is 0 Å². The van der Waals surface area contributed by atoms with Gasteiger partial charge in [-0.3, -0.25) is 0 Å². The SMILES string of the molecule is CCOCO[C@@H](C)CC#N. The maximum absolute atomic E-state index is 8.22. The molecule has 0 aromatic rings. The van der Waals surface area contributed by atoms with Gasteiger partial charge < -0.3 is 9.47 Å². The fraction of sp³-hybridized carbons (Fsp3) is 0.857. The van der Waals surface area contributed by atoms with Crippen molar-refractivity contribution in [3.63, 3.8) is 0 Å². The normalized spacial score (nSPS) is 12.5. The van der Waals surface area contributed by atoms with Crippen molar-refractivity contribution in [3.05, 3.63) is 0 Å². The molecule has 0 saturated heterocycles. The Bertz CT molecular complexity index is 109. The lowest BCUT2D eigenvalue weighted by Gasteiger charge is -2.07. The van der Waals surface area contributed by atoms with Gasteiger partial charge in [-0.25, -0.2) is 0 Å². The van der Waals surface area contributed by atoms with Crippen LogP contribution in [0.25, 0.3) is 0 Å². The number of hydrogen-bond donors (Lipinski definition) is 0. The second-order valence-corrected chi connectivity index (χ2v) is 1.95. The van der Waals surface area contributed by atoms with Crippen LogP contribution in [-0.4, -0.2) is 19.5 Å². The fourth-order valence-corrected chi connectivity index (χ4v) is 0.435. The summed E-state index contributed by atoms with van der Waals surface area (Å²) in [6.07, 6.45) is 0.407. The molecule has 0 amide bonds. The Morgan fingerprint density at radius 3 is 2.80 bits per heavy atom. The molecule has 3 nitrogen and oxygen atoms in total. The molecule has 0 aromatic heterocycles. The molecule has 10 heavy (non-hydrogen) atoms. The highest BCUT2D eigenvalue weighted by Gasteiger charge is 1.98. The van der Waals surface area contributed by atoms with Gasteiger partial charge in [0, 0.05) is 6.61 Å². The molecule has 0 aromatic carbocycles. The highest BCUT2D eigenvalue weighted by molar-refractivity contribution is 4.72. The molecule has 0 aliphatic carbocycles. The molecule has 58 valence electrons. The van der Waals surface area contributed by atoms with E-state index in [2.05, 4.69) is 0 Å². The number of nitriles is 1. The first-order valence-electron chi connectivity index (χ1n) is 3.37. The number of ether oxygens (including phenoxy) is 2. The molecule has 1 atom stereocenters. The van der Waals surface area contributed by atoms with Crippen LogP contribution in [0.2, 0.25) is 0 Å². The average molecular weight is 143 g/mol. The Balaban J connectivity index is 3.06. The quantitative estimate of drug-likeness (QED) is 0.430. The van der Waals surface area contributed by atoms with Gasteiger partial charge in [-0.1, -0.05) is 0 Å². The van der Waals surface area contributed by atoms with Crippen LogP contribution in [0.15, 0.2) is 0 Å². The third kappa shape index (κ3) is 5.54. The van der Waals surface area contributed by atoms with E-state index >= 15 is 0 Å². The summed E-state index contributed by atoms with van der Waals surface area (Å²) in [7, 11) is 0. The zero-order valence-corrected chi connectivity index (χ0v) is 6.46. The van der Waals surface area contributed by atoms with Crippen LogP contribution >= 0.6 is 0 Å². The van der Waals surface area contributed by atoms with Gasteiger partial charge in [-0.05, 0) is 13.8 Å². The number of hydrogen-bond acceptors (Lipinski definition) is 3. The minimum absolute atomic E-state index is 0.0171. The van der Waals surface area contributed by atoms with Crippen LogP contribution in [0.3, 0.4) is 0 Å².